The highest BCUT2D eigenvalue weighted by molar-refractivity contribution is 6.15. The van der Waals surface area contributed by atoms with E-state index >= 15 is 0 Å². The highest BCUT2D eigenvalue weighted by Crippen LogP contribution is 2.44. The Balaban J connectivity index is 0.984. The van der Waals surface area contributed by atoms with E-state index in [1.807, 2.05) is 12.1 Å². The fourth-order valence-corrected chi connectivity index (χ4v) is 12.6. The number of pyridine rings is 1. The molecule has 0 spiro atoms. The largest absolute Gasteiger partial charge is 0.309 e. The van der Waals surface area contributed by atoms with E-state index in [0.29, 0.717) is 5.56 Å². The number of fused-ring (bicyclic) bond motifs is 12. The van der Waals surface area contributed by atoms with Crippen molar-refractivity contribution in [3.05, 3.63) is 272 Å². The van der Waals surface area contributed by atoms with Crippen molar-refractivity contribution in [2.24, 2.45) is 0 Å². The minimum absolute atomic E-state index is 0.552. The SMILES string of the molecule is N#Cc1cc(-n2c3ccccc3c3cc(-n4c5ccccc5c5ccccc54)ccc32)c(-c2cc(-c3ccccc3)nc(-c3ccccc3)c2)cc1-n1c2ccccc2c2cc(-n3c4ccccc4c4ccccc43)ccc21. The minimum atomic E-state index is 0.552. The van der Waals surface area contributed by atoms with Crippen LogP contribution in [0, 0.1) is 11.3 Å². The van der Waals surface area contributed by atoms with Crippen LogP contribution in [0.3, 0.4) is 0 Å². The highest BCUT2D eigenvalue weighted by atomic mass is 15.0. The zero-order chi connectivity index (χ0) is 51.4. The minimum Gasteiger partial charge on any atom is -0.309 e. The lowest BCUT2D eigenvalue weighted by molar-refractivity contribution is 1.13. The first-order valence-corrected chi connectivity index (χ1v) is 26.4. The predicted octanol–water partition coefficient (Wildman–Crippen LogP) is 18.3. The molecule has 0 atom stereocenters. The third-order valence-corrected chi connectivity index (χ3v) is 16.0. The van der Waals surface area contributed by atoms with Gasteiger partial charge in [0.15, 0.2) is 0 Å². The number of nitrogens with zero attached hydrogens (tertiary/aromatic N) is 6. The van der Waals surface area contributed by atoms with Gasteiger partial charge in [-0.25, -0.2) is 4.98 Å². The van der Waals surface area contributed by atoms with Crippen LogP contribution < -0.4 is 0 Å². The summed E-state index contributed by atoms with van der Waals surface area (Å²) in [5.41, 5.74) is 18.8. The summed E-state index contributed by atoms with van der Waals surface area (Å²) in [5.74, 6) is 0. The number of aromatic nitrogens is 5. The van der Waals surface area contributed by atoms with E-state index in [4.69, 9.17) is 4.98 Å². The molecule has 0 aliphatic heterocycles. The van der Waals surface area contributed by atoms with Gasteiger partial charge in [0.05, 0.1) is 72.5 Å². The molecule has 5 heterocycles. The van der Waals surface area contributed by atoms with Crippen molar-refractivity contribution in [1.29, 1.82) is 5.26 Å². The summed E-state index contributed by atoms with van der Waals surface area (Å²) in [6.45, 7) is 0. The molecule has 362 valence electrons. The van der Waals surface area contributed by atoms with Crippen molar-refractivity contribution in [2.45, 2.75) is 0 Å². The Morgan fingerprint density at radius 2 is 0.603 bits per heavy atom. The van der Waals surface area contributed by atoms with E-state index in [-0.39, 0.29) is 0 Å². The molecule has 0 saturated carbocycles. The average Bonchev–Trinajstić information content (AvgIpc) is 4.31. The van der Waals surface area contributed by atoms with E-state index in [1.165, 1.54) is 21.5 Å². The Morgan fingerprint density at radius 1 is 0.269 bits per heavy atom. The van der Waals surface area contributed by atoms with E-state index in [9.17, 15) is 5.26 Å². The van der Waals surface area contributed by atoms with Gasteiger partial charge < -0.3 is 18.3 Å². The van der Waals surface area contributed by atoms with Gasteiger partial charge in [-0.1, -0.05) is 170 Å². The summed E-state index contributed by atoms with van der Waals surface area (Å²) in [6.07, 6.45) is 0. The van der Waals surface area contributed by atoms with Crippen LogP contribution in [0.1, 0.15) is 5.56 Å². The van der Waals surface area contributed by atoms with Crippen molar-refractivity contribution < 1.29 is 0 Å². The second-order valence-corrected chi connectivity index (χ2v) is 20.2. The van der Waals surface area contributed by atoms with Crippen LogP contribution in [0.2, 0.25) is 0 Å². The van der Waals surface area contributed by atoms with Crippen molar-refractivity contribution >= 4 is 87.2 Å². The Bertz CT molecular complexity index is 5000. The highest BCUT2D eigenvalue weighted by Gasteiger charge is 2.24. The molecule has 16 aromatic rings. The quantitative estimate of drug-likeness (QED) is 0.160. The molecule has 0 N–H and O–H groups in total. The summed E-state index contributed by atoms with van der Waals surface area (Å²) in [7, 11) is 0. The maximum Gasteiger partial charge on any atom is 0.101 e. The lowest BCUT2D eigenvalue weighted by Crippen LogP contribution is -2.04. The number of para-hydroxylation sites is 6. The van der Waals surface area contributed by atoms with Crippen LogP contribution in [-0.4, -0.2) is 23.3 Å². The van der Waals surface area contributed by atoms with Crippen molar-refractivity contribution in [3.63, 3.8) is 0 Å². The van der Waals surface area contributed by atoms with Gasteiger partial charge in [0.2, 0.25) is 0 Å². The molecule has 0 bridgehead atoms. The topological polar surface area (TPSA) is 56.4 Å². The first kappa shape index (κ1) is 43.6. The number of rotatable bonds is 7. The van der Waals surface area contributed by atoms with Gasteiger partial charge in [0.25, 0.3) is 0 Å². The molecular formula is C72H44N6. The maximum absolute atomic E-state index is 11.7. The lowest BCUT2D eigenvalue weighted by atomic mass is 9.96. The van der Waals surface area contributed by atoms with Crippen LogP contribution >= 0.6 is 0 Å². The fourth-order valence-electron chi connectivity index (χ4n) is 12.6. The zero-order valence-corrected chi connectivity index (χ0v) is 42.1. The number of hydrogen-bond acceptors (Lipinski definition) is 2. The molecule has 0 saturated heterocycles. The third-order valence-electron chi connectivity index (χ3n) is 16.0. The molecule has 0 aliphatic rings. The van der Waals surface area contributed by atoms with Crippen LogP contribution in [0.15, 0.2) is 267 Å². The van der Waals surface area contributed by atoms with Crippen LogP contribution in [-0.2, 0) is 0 Å². The fraction of sp³-hybridized carbons (Fsp3) is 0. The average molecular weight is 993 g/mol. The molecule has 0 radical (unpaired) electrons. The van der Waals surface area contributed by atoms with E-state index in [0.717, 1.165) is 122 Å². The van der Waals surface area contributed by atoms with Crippen LogP contribution in [0.4, 0.5) is 0 Å². The molecule has 0 amide bonds. The molecule has 5 aromatic heterocycles. The molecule has 6 nitrogen and oxygen atoms in total. The molecule has 6 heteroatoms. The molecule has 0 fully saturated rings. The van der Waals surface area contributed by atoms with Crippen LogP contribution in [0.5, 0.6) is 0 Å². The van der Waals surface area contributed by atoms with Gasteiger partial charge in [-0.05, 0) is 103 Å². The second kappa shape index (κ2) is 17.2. The summed E-state index contributed by atoms with van der Waals surface area (Å²) in [4.78, 5) is 5.36. The third kappa shape index (κ3) is 6.52. The van der Waals surface area contributed by atoms with Gasteiger partial charge >= 0.3 is 0 Å². The number of benzene rings is 11. The summed E-state index contributed by atoms with van der Waals surface area (Å²) >= 11 is 0. The van der Waals surface area contributed by atoms with E-state index < -0.39 is 0 Å². The first-order chi connectivity index (χ1) is 38.7. The van der Waals surface area contributed by atoms with Crippen molar-refractivity contribution in [3.8, 4) is 62.5 Å². The summed E-state index contributed by atoms with van der Waals surface area (Å²) in [5, 5.41) is 21.0. The second-order valence-electron chi connectivity index (χ2n) is 20.2. The normalized spacial score (nSPS) is 11.8. The van der Waals surface area contributed by atoms with E-state index in [1.54, 1.807) is 0 Å². The Hall–Kier alpha value is -10.7. The first-order valence-electron chi connectivity index (χ1n) is 26.4. The van der Waals surface area contributed by atoms with Gasteiger partial charge in [-0.2, -0.15) is 5.26 Å². The van der Waals surface area contributed by atoms with Gasteiger partial charge in [0.1, 0.15) is 6.07 Å². The van der Waals surface area contributed by atoms with Gasteiger partial charge in [-0.3, -0.25) is 0 Å². The Morgan fingerprint density at radius 3 is 1.00 bits per heavy atom. The monoisotopic (exact) mass is 992 g/mol. The molecule has 16 rings (SSSR count). The smallest absolute Gasteiger partial charge is 0.101 e. The van der Waals surface area contributed by atoms with Crippen molar-refractivity contribution in [2.75, 3.05) is 0 Å². The lowest BCUT2D eigenvalue weighted by Gasteiger charge is -2.20. The predicted molar refractivity (Wildman–Crippen MR) is 323 cm³/mol. The van der Waals surface area contributed by atoms with Crippen molar-refractivity contribution in [1.82, 2.24) is 23.3 Å². The molecule has 11 aromatic carbocycles. The Labute approximate surface area is 448 Å². The van der Waals surface area contributed by atoms with Gasteiger partial charge in [-0.15, -0.1) is 0 Å². The molecular weight excluding hydrogens is 949 g/mol. The molecule has 78 heavy (non-hydrogen) atoms. The Kier molecular flexibility index (Phi) is 9.60. The van der Waals surface area contributed by atoms with E-state index in [2.05, 4.69) is 279 Å². The zero-order valence-electron chi connectivity index (χ0n) is 42.1. The van der Waals surface area contributed by atoms with Crippen LogP contribution in [0.25, 0.3) is 144 Å². The molecule has 0 unspecified atom stereocenters. The number of nitriles is 1. The standard InChI is InChI=1S/C72H44N6/c73-45-49-41-72(78-68-34-18-12-28-57(68)60-43-51(36-38-70(60)78)76-65-31-15-9-25-54(65)55-26-10-16-32-66(55)76)58(48-39-61(46-19-3-1-4-20-46)74-62(40-48)47-21-5-2-6-22-47)44-71(49)77-67-33-17-11-27-56(67)59-42-50(35-37-69(59)77)75-63-29-13-7-23-52(63)53-24-8-14-30-64(53)75/h1-44H. The molecule has 0 aliphatic carbocycles. The maximum atomic E-state index is 11.7. The van der Waals surface area contributed by atoms with Gasteiger partial charge in [0, 0.05) is 71.2 Å². The summed E-state index contributed by atoms with van der Waals surface area (Å²) in [6, 6.07) is 97.9. The summed E-state index contributed by atoms with van der Waals surface area (Å²) < 4.78 is 9.43. The number of hydrogen-bond donors (Lipinski definition) is 0.